The number of rotatable bonds is 6. The molecule has 0 aliphatic heterocycles. The predicted octanol–water partition coefficient (Wildman–Crippen LogP) is 2.54. The molecule has 11 heteroatoms. The number of carbonyl (C=O) groups is 3. The molecule has 2 aromatic carbocycles. The van der Waals surface area contributed by atoms with Gasteiger partial charge in [-0.05, 0) is 36.4 Å². The van der Waals surface area contributed by atoms with Gasteiger partial charge in [0.05, 0.1) is 42.2 Å². The van der Waals surface area contributed by atoms with Crippen LogP contribution >= 0.6 is 11.6 Å². The van der Waals surface area contributed by atoms with Crippen LogP contribution in [0.5, 0.6) is 0 Å². The number of amides is 1. The molecule has 2 rings (SSSR count). The van der Waals surface area contributed by atoms with Gasteiger partial charge in [0.25, 0.3) is 5.91 Å². The van der Waals surface area contributed by atoms with E-state index in [9.17, 15) is 22.8 Å². The first kappa shape index (κ1) is 22.2. The van der Waals surface area contributed by atoms with Gasteiger partial charge >= 0.3 is 11.9 Å². The van der Waals surface area contributed by atoms with Crippen LogP contribution in [-0.2, 0) is 19.5 Å². The summed E-state index contributed by atoms with van der Waals surface area (Å²) >= 11 is 6.05. The number of carbonyl (C=O) groups excluding carboxylic acids is 3. The standard InChI is InChI=1S/C18H17ClN2O7S/c1-27-17(23)10-6-11(18(24)28-2)8-13(7-10)20-16(22)14-9-12(4-5-15(14)19)21-29(3,25)26/h4-9,21H,1-3H3,(H,20,22). The van der Waals surface area contributed by atoms with Crippen molar-refractivity contribution in [2.45, 2.75) is 0 Å². The minimum atomic E-state index is -3.56. The Balaban J connectivity index is 2.40. The number of nitrogens with one attached hydrogen (secondary N) is 2. The van der Waals surface area contributed by atoms with Gasteiger partial charge in [-0.3, -0.25) is 9.52 Å². The number of anilines is 2. The Kier molecular flexibility index (Phi) is 6.83. The Morgan fingerprint density at radius 1 is 0.897 bits per heavy atom. The van der Waals surface area contributed by atoms with Gasteiger partial charge in [0.2, 0.25) is 10.0 Å². The van der Waals surface area contributed by atoms with Crippen molar-refractivity contribution in [2.75, 3.05) is 30.5 Å². The Bertz CT molecular complexity index is 1050. The topological polar surface area (TPSA) is 128 Å². The molecule has 0 atom stereocenters. The lowest BCUT2D eigenvalue weighted by atomic mass is 10.1. The smallest absolute Gasteiger partial charge is 0.337 e. The second kappa shape index (κ2) is 8.93. The first-order valence-corrected chi connectivity index (χ1v) is 10.2. The molecular weight excluding hydrogens is 424 g/mol. The highest BCUT2D eigenvalue weighted by Gasteiger charge is 2.17. The summed E-state index contributed by atoms with van der Waals surface area (Å²) in [5, 5.41) is 2.58. The van der Waals surface area contributed by atoms with Gasteiger partial charge in [-0.2, -0.15) is 0 Å². The van der Waals surface area contributed by atoms with E-state index in [-0.39, 0.29) is 33.1 Å². The van der Waals surface area contributed by atoms with Gasteiger partial charge < -0.3 is 14.8 Å². The van der Waals surface area contributed by atoms with Crippen molar-refractivity contribution in [1.29, 1.82) is 0 Å². The number of hydrogen-bond donors (Lipinski definition) is 2. The van der Waals surface area contributed by atoms with Crippen LogP contribution in [0, 0.1) is 0 Å². The Morgan fingerprint density at radius 3 is 1.93 bits per heavy atom. The first-order chi connectivity index (χ1) is 13.5. The zero-order valence-electron chi connectivity index (χ0n) is 15.6. The fraction of sp³-hybridized carbons (Fsp3) is 0.167. The second-order valence-electron chi connectivity index (χ2n) is 5.81. The van der Waals surface area contributed by atoms with Gasteiger partial charge in [0.15, 0.2) is 0 Å². The zero-order valence-corrected chi connectivity index (χ0v) is 17.2. The molecule has 29 heavy (non-hydrogen) atoms. The number of esters is 2. The molecule has 0 aliphatic rings. The van der Waals surface area contributed by atoms with Crippen molar-refractivity contribution < 1.29 is 32.3 Å². The summed E-state index contributed by atoms with van der Waals surface area (Å²) in [7, 11) is -1.21. The highest BCUT2D eigenvalue weighted by atomic mass is 35.5. The third-order valence-electron chi connectivity index (χ3n) is 3.55. The van der Waals surface area contributed by atoms with Crippen LogP contribution in [0.2, 0.25) is 5.02 Å². The lowest BCUT2D eigenvalue weighted by molar-refractivity contribution is 0.0599. The minimum Gasteiger partial charge on any atom is -0.465 e. The van der Waals surface area contributed by atoms with Crippen LogP contribution in [0.3, 0.4) is 0 Å². The lowest BCUT2D eigenvalue weighted by Gasteiger charge is -2.11. The Labute approximate surface area is 172 Å². The molecule has 9 nitrogen and oxygen atoms in total. The summed E-state index contributed by atoms with van der Waals surface area (Å²) in [6, 6.07) is 7.88. The average Bonchev–Trinajstić information content (AvgIpc) is 2.66. The number of methoxy groups -OCH3 is 2. The number of hydrogen-bond acceptors (Lipinski definition) is 7. The van der Waals surface area contributed by atoms with Gasteiger partial charge in [-0.15, -0.1) is 0 Å². The monoisotopic (exact) mass is 440 g/mol. The average molecular weight is 441 g/mol. The summed E-state index contributed by atoms with van der Waals surface area (Å²) in [6.07, 6.45) is 0.966. The van der Waals surface area contributed by atoms with E-state index in [4.69, 9.17) is 11.6 Å². The molecule has 2 aromatic rings. The minimum absolute atomic E-state index is 0.0179. The summed E-state index contributed by atoms with van der Waals surface area (Å²) in [5.41, 5.74) is 0.258. The fourth-order valence-corrected chi connectivity index (χ4v) is 3.10. The van der Waals surface area contributed by atoms with Crippen molar-refractivity contribution in [3.8, 4) is 0 Å². The van der Waals surface area contributed by atoms with Crippen LogP contribution in [0.25, 0.3) is 0 Å². The largest absolute Gasteiger partial charge is 0.465 e. The SMILES string of the molecule is COC(=O)c1cc(NC(=O)c2cc(NS(C)(=O)=O)ccc2Cl)cc(C(=O)OC)c1. The van der Waals surface area contributed by atoms with Crippen molar-refractivity contribution in [1.82, 2.24) is 0 Å². The summed E-state index contributed by atoms with van der Waals surface area (Å²) < 4.78 is 34.3. The van der Waals surface area contributed by atoms with Crippen LogP contribution in [0.4, 0.5) is 11.4 Å². The first-order valence-electron chi connectivity index (χ1n) is 7.94. The van der Waals surface area contributed by atoms with Gasteiger partial charge in [0, 0.05) is 11.4 Å². The third-order valence-corrected chi connectivity index (χ3v) is 4.48. The van der Waals surface area contributed by atoms with Crippen molar-refractivity contribution in [3.63, 3.8) is 0 Å². The highest BCUT2D eigenvalue weighted by molar-refractivity contribution is 7.92. The third kappa shape index (κ3) is 5.93. The molecule has 0 heterocycles. The second-order valence-corrected chi connectivity index (χ2v) is 7.96. The van der Waals surface area contributed by atoms with Gasteiger partial charge in [-0.25, -0.2) is 18.0 Å². The van der Waals surface area contributed by atoms with Crippen molar-refractivity contribution in [2.24, 2.45) is 0 Å². The molecule has 0 saturated carbocycles. The molecule has 1 amide bonds. The molecule has 0 saturated heterocycles. The maximum absolute atomic E-state index is 12.6. The number of halogens is 1. The van der Waals surface area contributed by atoms with Crippen LogP contribution in [-0.4, -0.2) is 46.7 Å². The van der Waals surface area contributed by atoms with E-state index in [1.54, 1.807) is 0 Å². The molecular formula is C18H17ClN2O7S. The molecule has 2 N–H and O–H groups in total. The Morgan fingerprint density at radius 2 is 1.45 bits per heavy atom. The van der Waals surface area contributed by atoms with E-state index in [0.717, 1.165) is 6.26 Å². The highest BCUT2D eigenvalue weighted by Crippen LogP contribution is 2.24. The van der Waals surface area contributed by atoms with Crippen LogP contribution < -0.4 is 10.0 Å². The molecule has 0 radical (unpaired) electrons. The molecule has 154 valence electrons. The van der Waals surface area contributed by atoms with Crippen molar-refractivity contribution >= 4 is 50.8 Å². The van der Waals surface area contributed by atoms with E-state index in [1.165, 1.54) is 50.6 Å². The van der Waals surface area contributed by atoms with Gasteiger partial charge in [-0.1, -0.05) is 11.6 Å². The Hall–Kier alpha value is -3.11. The van der Waals surface area contributed by atoms with Crippen LogP contribution in [0.15, 0.2) is 36.4 Å². The molecule has 0 spiro atoms. The van der Waals surface area contributed by atoms with E-state index < -0.39 is 27.9 Å². The quantitative estimate of drug-likeness (QED) is 0.660. The van der Waals surface area contributed by atoms with E-state index >= 15 is 0 Å². The summed E-state index contributed by atoms with van der Waals surface area (Å²) in [4.78, 5) is 36.3. The molecule has 0 bridgehead atoms. The van der Waals surface area contributed by atoms with Gasteiger partial charge in [0.1, 0.15) is 0 Å². The molecule has 0 aliphatic carbocycles. The number of ether oxygens (including phenoxy) is 2. The zero-order chi connectivity index (χ0) is 21.8. The normalized spacial score (nSPS) is 10.8. The lowest BCUT2D eigenvalue weighted by Crippen LogP contribution is -2.16. The summed E-state index contributed by atoms with van der Waals surface area (Å²) in [6.45, 7) is 0. The molecule has 0 unspecified atom stereocenters. The maximum Gasteiger partial charge on any atom is 0.337 e. The molecule has 0 aromatic heterocycles. The van der Waals surface area contributed by atoms with Crippen molar-refractivity contribution in [3.05, 3.63) is 58.1 Å². The van der Waals surface area contributed by atoms with E-state index in [2.05, 4.69) is 19.5 Å². The number of benzene rings is 2. The van der Waals surface area contributed by atoms with Crippen LogP contribution in [0.1, 0.15) is 31.1 Å². The van der Waals surface area contributed by atoms with E-state index in [0.29, 0.717) is 0 Å². The predicted molar refractivity (Wildman–Crippen MR) is 107 cm³/mol. The maximum atomic E-state index is 12.6. The molecule has 0 fully saturated rings. The fourth-order valence-electron chi connectivity index (χ4n) is 2.35. The summed E-state index contributed by atoms with van der Waals surface area (Å²) in [5.74, 6) is -2.13. The van der Waals surface area contributed by atoms with E-state index in [1.807, 2.05) is 0 Å². The number of sulfonamides is 1.